The molecule has 1 saturated carbocycles. The first-order chi connectivity index (χ1) is 9.33. The molecule has 0 atom stereocenters. The number of rotatable bonds is 4. The standard InChI is InChI=1S/C16H22N2O/c19-12-16(8-2-1-3-9-16)18-11-14-6-4-5-13-7-10-17-15(13)14/h4-7,10,17-19H,1-3,8-9,11-12H2. The predicted octanol–water partition coefficient (Wildman–Crippen LogP) is 2.95. The average molecular weight is 258 g/mol. The third-order valence-electron chi connectivity index (χ3n) is 4.44. The normalized spacial score (nSPS) is 18.8. The molecule has 1 aromatic carbocycles. The predicted molar refractivity (Wildman–Crippen MR) is 78.0 cm³/mol. The molecule has 0 aliphatic heterocycles. The minimum absolute atomic E-state index is 0.0625. The molecule has 1 aliphatic carbocycles. The maximum Gasteiger partial charge on any atom is 0.0613 e. The van der Waals surface area contributed by atoms with E-state index < -0.39 is 0 Å². The molecule has 0 saturated heterocycles. The molecule has 102 valence electrons. The Kier molecular flexibility index (Phi) is 3.58. The van der Waals surface area contributed by atoms with Crippen molar-refractivity contribution in [1.82, 2.24) is 10.3 Å². The summed E-state index contributed by atoms with van der Waals surface area (Å²) >= 11 is 0. The van der Waals surface area contributed by atoms with Crippen LogP contribution in [0.1, 0.15) is 37.7 Å². The highest BCUT2D eigenvalue weighted by molar-refractivity contribution is 5.82. The third-order valence-corrected chi connectivity index (χ3v) is 4.44. The van der Waals surface area contributed by atoms with Crippen molar-refractivity contribution in [3.63, 3.8) is 0 Å². The molecule has 2 aromatic rings. The number of H-pyrrole nitrogens is 1. The van der Waals surface area contributed by atoms with Crippen molar-refractivity contribution in [2.45, 2.75) is 44.2 Å². The zero-order valence-corrected chi connectivity index (χ0v) is 11.3. The van der Waals surface area contributed by atoms with Crippen molar-refractivity contribution < 1.29 is 5.11 Å². The second-order valence-corrected chi connectivity index (χ2v) is 5.71. The fourth-order valence-corrected chi connectivity index (χ4v) is 3.20. The monoisotopic (exact) mass is 258 g/mol. The van der Waals surface area contributed by atoms with Gasteiger partial charge in [0, 0.05) is 23.8 Å². The van der Waals surface area contributed by atoms with E-state index in [9.17, 15) is 5.11 Å². The van der Waals surface area contributed by atoms with Crippen molar-refractivity contribution >= 4 is 10.9 Å². The van der Waals surface area contributed by atoms with Gasteiger partial charge in [-0.25, -0.2) is 0 Å². The Morgan fingerprint density at radius 2 is 2.00 bits per heavy atom. The van der Waals surface area contributed by atoms with E-state index in [0.29, 0.717) is 0 Å². The molecular formula is C16H22N2O. The Morgan fingerprint density at radius 3 is 2.79 bits per heavy atom. The van der Waals surface area contributed by atoms with Crippen LogP contribution in [0.5, 0.6) is 0 Å². The van der Waals surface area contributed by atoms with Crippen molar-refractivity contribution in [3.8, 4) is 0 Å². The van der Waals surface area contributed by atoms with Gasteiger partial charge < -0.3 is 15.4 Å². The summed E-state index contributed by atoms with van der Waals surface area (Å²) in [5.41, 5.74) is 2.42. The zero-order valence-electron chi connectivity index (χ0n) is 11.3. The highest BCUT2D eigenvalue weighted by atomic mass is 16.3. The largest absolute Gasteiger partial charge is 0.394 e. The lowest BCUT2D eigenvalue weighted by Crippen LogP contribution is -2.49. The van der Waals surface area contributed by atoms with Crippen LogP contribution in [-0.2, 0) is 6.54 Å². The lowest BCUT2D eigenvalue weighted by molar-refractivity contribution is 0.119. The zero-order chi connectivity index (χ0) is 13.1. The van der Waals surface area contributed by atoms with E-state index in [4.69, 9.17) is 0 Å². The number of aliphatic hydroxyl groups is 1. The van der Waals surface area contributed by atoms with Crippen LogP contribution in [0.2, 0.25) is 0 Å². The molecule has 19 heavy (non-hydrogen) atoms. The number of para-hydroxylation sites is 1. The number of benzene rings is 1. The summed E-state index contributed by atoms with van der Waals surface area (Å²) < 4.78 is 0. The molecule has 3 N–H and O–H groups in total. The highest BCUT2D eigenvalue weighted by Gasteiger charge is 2.30. The van der Waals surface area contributed by atoms with Crippen LogP contribution in [0.3, 0.4) is 0 Å². The number of hydrogen-bond donors (Lipinski definition) is 3. The first-order valence-electron chi connectivity index (χ1n) is 7.24. The summed E-state index contributed by atoms with van der Waals surface area (Å²) in [5, 5.41) is 14.6. The van der Waals surface area contributed by atoms with Crippen LogP contribution >= 0.6 is 0 Å². The molecule has 3 heteroatoms. The molecule has 0 radical (unpaired) electrons. The second kappa shape index (κ2) is 5.35. The van der Waals surface area contributed by atoms with E-state index in [1.807, 2.05) is 6.20 Å². The van der Waals surface area contributed by atoms with Crippen LogP contribution in [-0.4, -0.2) is 22.2 Å². The summed E-state index contributed by atoms with van der Waals surface area (Å²) in [6.45, 7) is 1.06. The summed E-state index contributed by atoms with van der Waals surface area (Å²) in [6, 6.07) is 8.47. The van der Waals surface area contributed by atoms with Gasteiger partial charge in [-0.2, -0.15) is 0 Å². The van der Waals surface area contributed by atoms with E-state index in [1.54, 1.807) is 0 Å². The first kappa shape index (κ1) is 12.7. The average Bonchev–Trinajstić information content (AvgIpc) is 2.95. The van der Waals surface area contributed by atoms with E-state index in [0.717, 1.165) is 19.4 Å². The summed E-state index contributed by atoms with van der Waals surface area (Å²) in [7, 11) is 0. The van der Waals surface area contributed by atoms with Crippen molar-refractivity contribution in [1.29, 1.82) is 0 Å². The molecule has 3 nitrogen and oxygen atoms in total. The van der Waals surface area contributed by atoms with E-state index in [2.05, 4.69) is 34.6 Å². The van der Waals surface area contributed by atoms with Crippen LogP contribution in [0.4, 0.5) is 0 Å². The highest BCUT2D eigenvalue weighted by Crippen LogP contribution is 2.28. The van der Waals surface area contributed by atoms with Gasteiger partial charge in [-0.3, -0.25) is 0 Å². The summed E-state index contributed by atoms with van der Waals surface area (Å²) in [4.78, 5) is 3.30. The molecule has 0 bridgehead atoms. The van der Waals surface area contributed by atoms with Gasteiger partial charge in [0.05, 0.1) is 6.61 Å². The van der Waals surface area contributed by atoms with Crippen LogP contribution in [0.15, 0.2) is 30.5 Å². The lowest BCUT2D eigenvalue weighted by Gasteiger charge is -2.36. The Morgan fingerprint density at radius 1 is 1.16 bits per heavy atom. The molecule has 0 spiro atoms. The Bertz CT molecular complexity index is 540. The topological polar surface area (TPSA) is 48.0 Å². The van der Waals surface area contributed by atoms with E-state index in [-0.39, 0.29) is 12.1 Å². The molecule has 1 fully saturated rings. The quantitative estimate of drug-likeness (QED) is 0.789. The fraction of sp³-hybridized carbons (Fsp3) is 0.500. The number of aliphatic hydroxyl groups excluding tert-OH is 1. The van der Waals surface area contributed by atoms with Gasteiger partial charge in [0.1, 0.15) is 0 Å². The number of aromatic nitrogens is 1. The second-order valence-electron chi connectivity index (χ2n) is 5.71. The van der Waals surface area contributed by atoms with Gasteiger partial charge in [-0.1, -0.05) is 37.5 Å². The van der Waals surface area contributed by atoms with Gasteiger partial charge in [0.25, 0.3) is 0 Å². The molecule has 1 aromatic heterocycles. The number of nitrogens with one attached hydrogen (secondary N) is 2. The minimum Gasteiger partial charge on any atom is -0.394 e. The van der Waals surface area contributed by atoms with Gasteiger partial charge in [0.2, 0.25) is 0 Å². The van der Waals surface area contributed by atoms with Gasteiger partial charge in [0.15, 0.2) is 0 Å². The smallest absolute Gasteiger partial charge is 0.0613 e. The van der Waals surface area contributed by atoms with Gasteiger partial charge in [-0.05, 0) is 29.9 Å². The lowest BCUT2D eigenvalue weighted by atomic mass is 9.82. The van der Waals surface area contributed by atoms with Gasteiger partial charge >= 0.3 is 0 Å². The Balaban J connectivity index is 1.76. The van der Waals surface area contributed by atoms with Crippen molar-refractivity contribution in [3.05, 3.63) is 36.0 Å². The fourth-order valence-electron chi connectivity index (χ4n) is 3.20. The van der Waals surface area contributed by atoms with Gasteiger partial charge in [-0.15, -0.1) is 0 Å². The Hall–Kier alpha value is -1.32. The number of fused-ring (bicyclic) bond motifs is 1. The minimum atomic E-state index is -0.0625. The molecular weight excluding hydrogens is 236 g/mol. The summed E-state index contributed by atoms with van der Waals surface area (Å²) in [6.07, 6.45) is 7.90. The first-order valence-corrected chi connectivity index (χ1v) is 7.24. The molecule has 1 heterocycles. The van der Waals surface area contributed by atoms with Crippen LogP contribution < -0.4 is 5.32 Å². The number of hydrogen-bond acceptors (Lipinski definition) is 2. The SMILES string of the molecule is OCC1(NCc2cccc3cc[nH]c23)CCCCC1. The number of aromatic amines is 1. The maximum atomic E-state index is 9.72. The molecule has 3 rings (SSSR count). The molecule has 0 unspecified atom stereocenters. The van der Waals surface area contributed by atoms with Crippen LogP contribution in [0.25, 0.3) is 10.9 Å². The van der Waals surface area contributed by atoms with E-state index in [1.165, 1.54) is 35.7 Å². The maximum absolute atomic E-state index is 9.72. The van der Waals surface area contributed by atoms with E-state index >= 15 is 0 Å². The van der Waals surface area contributed by atoms with Crippen molar-refractivity contribution in [2.75, 3.05) is 6.61 Å². The molecule has 0 amide bonds. The van der Waals surface area contributed by atoms with Crippen LogP contribution in [0, 0.1) is 0 Å². The molecule has 1 aliphatic rings. The third kappa shape index (κ3) is 2.53. The van der Waals surface area contributed by atoms with Crippen molar-refractivity contribution in [2.24, 2.45) is 0 Å². The summed E-state index contributed by atoms with van der Waals surface area (Å²) in [5.74, 6) is 0. The Labute approximate surface area is 114 Å².